The van der Waals surface area contributed by atoms with E-state index in [2.05, 4.69) is 32.3 Å². The maximum atomic E-state index is 8.48. The minimum Gasteiger partial charge on any atom is -0.324 e. The van der Waals surface area contributed by atoms with Crippen molar-refractivity contribution in [2.45, 2.75) is 0 Å². The molecule has 0 aliphatic heterocycles. The average Bonchev–Trinajstić information content (AvgIpc) is 1.68. The predicted octanol–water partition coefficient (Wildman–Crippen LogP) is 1.02. The summed E-state index contributed by atoms with van der Waals surface area (Å²) in [6.45, 7) is -3.06. The minimum atomic E-state index is -3.06. The zero-order valence-electron chi connectivity index (χ0n) is 3.50. The van der Waals surface area contributed by atoms with E-state index < -0.39 is 6.72 Å². The zero-order valence-corrected chi connectivity index (χ0v) is 5.96. The third-order valence-corrected chi connectivity index (χ3v) is 2.43. The SMILES string of the molecule is COP(O)(=S)OCl. The highest BCUT2D eigenvalue weighted by Gasteiger charge is 2.08. The highest BCUT2D eigenvalue weighted by molar-refractivity contribution is 8.07. The highest BCUT2D eigenvalue weighted by atomic mass is 35.5. The third kappa shape index (κ3) is 3.41. The van der Waals surface area contributed by atoms with Crippen molar-refractivity contribution in [1.82, 2.24) is 0 Å². The molecule has 0 aromatic heterocycles. The number of rotatable bonds is 2. The van der Waals surface area contributed by atoms with Crippen molar-refractivity contribution in [2.75, 3.05) is 7.11 Å². The number of hydrogen-bond donors (Lipinski definition) is 1. The summed E-state index contributed by atoms with van der Waals surface area (Å²) in [5.74, 6) is 0. The minimum absolute atomic E-state index is 1.23. The van der Waals surface area contributed by atoms with Gasteiger partial charge in [0.05, 0.1) is 11.9 Å². The van der Waals surface area contributed by atoms with Gasteiger partial charge >= 0.3 is 6.72 Å². The van der Waals surface area contributed by atoms with Gasteiger partial charge in [-0.05, 0) is 11.8 Å². The molecule has 0 aliphatic carbocycles. The van der Waals surface area contributed by atoms with Crippen LogP contribution in [0, 0.1) is 0 Å². The Balaban J connectivity index is 3.61. The van der Waals surface area contributed by atoms with Gasteiger partial charge in [0.25, 0.3) is 0 Å². The molecule has 1 atom stereocenters. The number of hydrogen-bond acceptors (Lipinski definition) is 3. The Morgan fingerprint density at radius 3 is 2.29 bits per heavy atom. The van der Waals surface area contributed by atoms with Gasteiger partial charge in [0, 0.05) is 7.11 Å². The molecule has 0 saturated heterocycles. The van der Waals surface area contributed by atoms with Gasteiger partial charge in [0.2, 0.25) is 0 Å². The molecule has 44 valence electrons. The van der Waals surface area contributed by atoms with Crippen LogP contribution >= 0.6 is 18.6 Å². The molecular weight excluding hydrogens is 159 g/mol. The van der Waals surface area contributed by atoms with Gasteiger partial charge in [-0.1, -0.05) is 0 Å². The Morgan fingerprint density at radius 1 is 1.86 bits per heavy atom. The van der Waals surface area contributed by atoms with Crippen LogP contribution in [0.15, 0.2) is 0 Å². The lowest BCUT2D eigenvalue weighted by atomic mass is 11.8. The second-order valence-corrected chi connectivity index (χ2v) is 3.96. The molecule has 0 aliphatic rings. The molecule has 7 heavy (non-hydrogen) atoms. The number of halogens is 1. The van der Waals surface area contributed by atoms with E-state index in [1.165, 1.54) is 7.11 Å². The van der Waals surface area contributed by atoms with Gasteiger partial charge in [-0.25, -0.2) is 0 Å². The molecule has 3 nitrogen and oxygen atoms in total. The van der Waals surface area contributed by atoms with Crippen LogP contribution in [-0.4, -0.2) is 12.0 Å². The van der Waals surface area contributed by atoms with Crippen LogP contribution in [0.3, 0.4) is 0 Å². The average molecular weight is 163 g/mol. The summed E-state index contributed by atoms with van der Waals surface area (Å²) in [5, 5.41) is 0. The third-order valence-electron chi connectivity index (χ3n) is 0.318. The van der Waals surface area contributed by atoms with Crippen molar-refractivity contribution in [3.63, 3.8) is 0 Å². The lowest BCUT2D eigenvalue weighted by molar-refractivity contribution is 0.322. The summed E-state index contributed by atoms with van der Waals surface area (Å²) >= 11 is 8.90. The molecule has 0 heterocycles. The van der Waals surface area contributed by atoms with Crippen molar-refractivity contribution >= 4 is 30.4 Å². The van der Waals surface area contributed by atoms with E-state index in [1.54, 1.807) is 0 Å². The zero-order chi connectivity index (χ0) is 5.91. The first-order valence-corrected chi connectivity index (χ1v) is 4.21. The maximum absolute atomic E-state index is 8.48. The van der Waals surface area contributed by atoms with Gasteiger partial charge in [0.15, 0.2) is 0 Å². The van der Waals surface area contributed by atoms with Crippen molar-refractivity contribution in [3.05, 3.63) is 0 Å². The van der Waals surface area contributed by atoms with Crippen LogP contribution in [0.1, 0.15) is 0 Å². The molecule has 0 radical (unpaired) electrons. The summed E-state index contributed by atoms with van der Waals surface area (Å²) in [4.78, 5) is 8.48. The molecule has 6 heteroatoms. The van der Waals surface area contributed by atoms with Crippen LogP contribution in [0.2, 0.25) is 0 Å². The van der Waals surface area contributed by atoms with Gasteiger partial charge in [-0.3, -0.25) is 0 Å². The summed E-state index contributed by atoms with van der Waals surface area (Å²) < 4.78 is 8.03. The van der Waals surface area contributed by atoms with Crippen molar-refractivity contribution < 1.29 is 13.5 Å². The Hall–Kier alpha value is 0.820. The van der Waals surface area contributed by atoms with Crippen molar-refractivity contribution in [2.24, 2.45) is 0 Å². The van der Waals surface area contributed by atoms with E-state index in [-0.39, 0.29) is 0 Å². The first-order chi connectivity index (χ1) is 3.12. The molecule has 1 N–H and O–H groups in total. The molecule has 0 aromatic carbocycles. The van der Waals surface area contributed by atoms with E-state index >= 15 is 0 Å². The van der Waals surface area contributed by atoms with Crippen LogP contribution < -0.4 is 0 Å². The fraction of sp³-hybridized carbons (Fsp3) is 1.00. The first kappa shape index (κ1) is 7.82. The molecular formula is CH4ClO3PS. The van der Waals surface area contributed by atoms with Crippen molar-refractivity contribution in [1.29, 1.82) is 0 Å². The molecule has 0 fully saturated rings. The lowest BCUT2D eigenvalue weighted by Gasteiger charge is -2.03. The van der Waals surface area contributed by atoms with Crippen molar-refractivity contribution in [3.8, 4) is 0 Å². The fourth-order valence-electron chi connectivity index (χ4n) is 0.0282. The maximum Gasteiger partial charge on any atom is 0.341 e. The Bertz CT molecular complexity index is 86.9. The predicted molar refractivity (Wildman–Crippen MR) is 30.5 cm³/mol. The molecule has 0 rings (SSSR count). The van der Waals surface area contributed by atoms with Gasteiger partial charge in [-0.15, -0.1) is 0 Å². The van der Waals surface area contributed by atoms with Crippen LogP contribution in [0.4, 0.5) is 0 Å². The molecule has 0 aromatic rings. The second kappa shape index (κ2) is 2.97. The topological polar surface area (TPSA) is 38.7 Å². The molecule has 1 unspecified atom stereocenters. The van der Waals surface area contributed by atoms with Crippen LogP contribution in [-0.2, 0) is 20.4 Å². The Kier molecular flexibility index (Phi) is 3.32. The second-order valence-electron chi connectivity index (χ2n) is 0.720. The largest absolute Gasteiger partial charge is 0.341 e. The van der Waals surface area contributed by atoms with E-state index in [9.17, 15) is 0 Å². The molecule has 0 bridgehead atoms. The highest BCUT2D eigenvalue weighted by Crippen LogP contribution is 2.43. The summed E-state index contributed by atoms with van der Waals surface area (Å²) in [5.41, 5.74) is 0. The first-order valence-electron chi connectivity index (χ1n) is 1.31. The van der Waals surface area contributed by atoms with E-state index in [1.807, 2.05) is 0 Å². The normalized spacial score (nSPS) is 18.7. The summed E-state index contributed by atoms with van der Waals surface area (Å²) in [6, 6.07) is 0. The van der Waals surface area contributed by atoms with Crippen LogP contribution in [0.25, 0.3) is 0 Å². The van der Waals surface area contributed by atoms with Gasteiger partial charge in [0.1, 0.15) is 0 Å². The van der Waals surface area contributed by atoms with Crippen LogP contribution in [0.5, 0.6) is 0 Å². The summed E-state index contributed by atoms with van der Waals surface area (Å²) in [7, 11) is 1.23. The molecule has 0 amide bonds. The van der Waals surface area contributed by atoms with E-state index in [0.717, 1.165) is 0 Å². The van der Waals surface area contributed by atoms with Gasteiger partial charge < -0.3 is 9.42 Å². The summed E-state index contributed by atoms with van der Waals surface area (Å²) in [6.07, 6.45) is 0. The Morgan fingerprint density at radius 2 is 2.29 bits per heavy atom. The standard InChI is InChI=1S/CH4ClO3PS/c1-4-6(3,7)5-2/h1H3,(H,3,7). The molecule has 0 spiro atoms. The van der Waals surface area contributed by atoms with E-state index in [4.69, 9.17) is 4.89 Å². The molecule has 0 saturated carbocycles. The van der Waals surface area contributed by atoms with Gasteiger partial charge in [-0.2, -0.15) is 4.08 Å². The smallest absolute Gasteiger partial charge is 0.324 e. The quantitative estimate of drug-likeness (QED) is 0.616. The lowest BCUT2D eigenvalue weighted by Crippen LogP contribution is -1.78. The van der Waals surface area contributed by atoms with E-state index in [0.29, 0.717) is 0 Å². The monoisotopic (exact) mass is 162 g/mol. The fourth-order valence-corrected chi connectivity index (χ4v) is 0.254. The Labute approximate surface area is 51.6 Å².